The Balaban J connectivity index is 1.71. The fourth-order valence-electron chi connectivity index (χ4n) is 3.92. The molecular formula is C17H20BN5. The summed E-state index contributed by atoms with van der Waals surface area (Å²) < 4.78 is 3.66. The van der Waals surface area contributed by atoms with Gasteiger partial charge in [-0.05, 0) is 37.4 Å². The first kappa shape index (κ1) is 14.5. The third-order valence-electron chi connectivity index (χ3n) is 5.09. The summed E-state index contributed by atoms with van der Waals surface area (Å²) in [6.45, 7) is 2.25. The lowest BCUT2D eigenvalue weighted by atomic mass is 9.96. The molecule has 1 aliphatic rings. The van der Waals surface area contributed by atoms with Gasteiger partial charge < -0.3 is 4.48 Å². The minimum absolute atomic E-state index is 0.489. The number of aromatic nitrogens is 5. The molecule has 0 spiro atoms. The lowest BCUT2D eigenvalue weighted by Crippen LogP contribution is -2.17. The summed E-state index contributed by atoms with van der Waals surface area (Å²) in [5.41, 5.74) is 2.66. The third kappa shape index (κ3) is 2.46. The highest BCUT2D eigenvalue weighted by Gasteiger charge is 2.26. The standard InChI is InChI=1S/C17H20BN5/c1-2-15(12-5-3-4-6-12)23-10-13(9-21-23)16-14-7-8-22(18)17(14)20-11-19-16/h7-12,15H,2-6H2,1H3. The van der Waals surface area contributed by atoms with E-state index in [1.54, 1.807) is 12.5 Å². The normalized spacial score (nSPS) is 17.1. The van der Waals surface area contributed by atoms with Crippen LogP contribution in [0.15, 0.2) is 31.0 Å². The monoisotopic (exact) mass is 305 g/mol. The molecule has 1 saturated carbocycles. The molecule has 0 N–H and O–H groups in total. The second-order valence-corrected chi connectivity index (χ2v) is 6.41. The van der Waals surface area contributed by atoms with E-state index in [0.29, 0.717) is 6.04 Å². The van der Waals surface area contributed by atoms with Crippen molar-refractivity contribution in [3.05, 3.63) is 31.0 Å². The highest BCUT2D eigenvalue weighted by atomic mass is 15.3. The van der Waals surface area contributed by atoms with Gasteiger partial charge in [-0.1, -0.05) is 19.8 Å². The largest absolute Gasteiger partial charge is 0.388 e. The summed E-state index contributed by atoms with van der Waals surface area (Å²) >= 11 is 0. The van der Waals surface area contributed by atoms with Crippen molar-refractivity contribution in [2.45, 2.75) is 45.1 Å². The smallest absolute Gasteiger partial charge is 0.236 e. The van der Waals surface area contributed by atoms with Crippen molar-refractivity contribution in [3.63, 3.8) is 0 Å². The molecule has 4 rings (SSSR count). The molecule has 0 aliphatic heterocycles. The van der Waals surface area contributed by atoms with Gasteiger partial charge in [0.25, 0.3) is 0 Å². The van der Waals surface area contributed by atoms with Crippen LogP contribution in [-0.4, -0.2) is 32.2 Å². The number of nitrogens with zero attached hydrogens (tertiary/aromatic N) is 5. The highest BCUT2D eigenvalue weighted by molar-refractivity contribution is 6.11. The second kappa shape index (κ2) is 5.83. The summed E-state index contributed by atoms with van der Waals surface area (Å²) in [7, 11) is 5.89. The molecule has 1 fully saturated rings. The van der Waals surface area contributed by atoms with Crippen LogP contribution < -0.4 is 0 Å². The Labute approximate surface area is 137 Å². The number of fused-ring (bicyclic) bond motifs is 1. The summed E-state index contributed by atoms with van der Waals surface area (Å²) in [4.78, 5) is 8.70. The van der Waals surface area contributed by atoms with E-state index >= 15 is 0 Å². The molecule has 0 bridgehead atoms. The molecule has 3 aromatic rings. The maximum Gasteiger partial charge on any atom is 0.236 e. The van der Waals surface area contributed by atoms with Gasteiger partial charge in [-0.15, -0.1) is 0 Å². The molecule has 0 aromatic carbocycles. The lowest BCUT2D eigenvalue weighted by molar-refractivity contribution is 0.301. The summed E-state index contributed by atoms with van der Waals surface area (Å²) in [5, 5.41) is 5.60. The van der Waals surface area contributed by atoms with Crippen molar-refractivity contribution in [2.24, 2.45) is 5.92 Å². The zero-order valence-corrected chi connectivity index (χ0v) is 13.4. The summed E-state index contributed by atoms with van der Waals surface area (Å²) in [6, 6.07) is 2.44. The second-order valence-electron chi connectivity index (χ2n) is 6.41. The van der Waals surface area contributed by atoms with E-state index in [-0.39, 0.29) is 0 Å². The van der Waals surface area contributed by atoms with E-state index in [0.717, 1.165) is 34.6 Å². The number of hydrogen-bond donors (Lipinski definition) is 0. The van der Waals surface area contributed by atoms with Crippen LogP contribution >= 0.6 is 0 Å². The molecule has 5 nitrogen and oxygen atoms in total. The minimum Gasteiger partial charge on any atom is -0.388 e. The predicted molar refractivity (Wildman–Crippen MR) is 91.2 cm³/mol. The van der Waals surface area contributed by atoms with Crippen LogP contribution in [0.2, 0.25) is 0 Å². The Hall–Kier alpha value is -2.11. The van der Waals surface area contributed by atoms with E-state index in [4.69, 9.17) is 7.98 Å². The Morgan fingerprint density at radius 3 is 2.91 bits per heavy atom. The SMILES string of the molecule is [B]n1ccc2c(-c3cnn(C(CC)C4CCCC4)c3)ncnc21. The van der Waals surface area contributed by atoms with Crippen LogP contribution in [0.5, 0.6) is 0 Å². The van der Waals surface area contributed by atoms with Gasteiger partial charge in [0.05, 0.1) is 17.9 Å². The highest BCUT2D eigenvalue weighted by Crippen LogP contribution is 2.36. The molecule has 0 saturated heterocycles. The zero-order chi connectivity index (χ0) is 15.8. The maximum absolute atomic E-state index is 5.89. The molecule has 3 heterocycles. The van der Waals surface area contributed by atoms with E-state index in [1.165, 1.54) is 30.2 Å². The Kier molecular flexibility index (Phi) is 3.67. The fourth-order valence-corrected chi connectivity index (χ4v) is 3.92. The predicted octanol–water partition coefficient (Wildman–Crippen LogP) is 3.37. The van der Waals surface area contributed by atoms with Crippen LogP contribution in [0.3, 0.4) is 0 Å². The molecular weight excluding hydrogens is 285 g/mol. The minimum atomic E-state index is 0.489. The fraction of sp³-hybridized carbons (Fsp3) is 0.471. The zero-order valence-electron chi connectivity index (χ0n) is 13.4. The Bertz CT molecular complexity index is 815. The molecule has 0 amide bonds. The average molecular weight is 305 g/mol. The molecule has 1 atom stereocenters. The van der Waals surface area contributed by atoms with Crippen molar-refractivity contribution in [3.8, 4) is 11.3 Å². The third-order valence-corrected chi connectivity index (χ3v) is 5.09. The molecule has 6 heteroatoms. The topological polar surface area (TPSA) is 48.5 Å². The van der Waals surface area contributed by atoms with Crippen LogP contribution in [0.1, 0.15) is 45.1 Å². The first-order chi connectivity index (χ1) is 11.3. The van der Waals surface area contributed by atoms with Gasteiger partial charge in [-0.3, -0.25) is 4.68 Å². The lowest BCUT2D eigenvalue weighted by Gasteiger charge is -2.22. The van der Waals surface area contributed by atoms with Crippen molar-refractivity contribution >= 4 is 19.0 Å². The van der Waals surface area contributed by atoms with Crippen LogP contribution in [-0.2, 0) is 0 Å². The van der Waals surface area contributed by atoms with E-state index in [2.05, 4.69) is 32.9 Å². The van der Waals surface area contributed by atoms with Crippen molar-refractivity contribution in [1.82, 2.24) is 24.2 Å². The van der Waals surface area contributed by atoms with E-state index in [9.17, 15) is 0 Å². The van der Waals surface area contributed by atoms with Gasteiger partial charge in [0.15, 0.2) is 0 Å². The molecule has 3 aromatic heterocycles. The number of rotatable bonds is 4. The first-order valence-electron chi connectivity index (χ1n) is 8.39. The first-order valence-corrected chi connectivity index (χ1v) is 8.39. The van der Waals surface area contributed by atoms with Gasteiger partial charge in [-0.25, -0.2) is 9.97 Å². The molecule has 1 unspecified atom stereocenters. The summed E-state index contributed by atoms with van der Waals surface area (Å²) in [5.74, 6) is 0.753. The van der Waals surface area contributed by atoms with Crippen molar-refractivity contribution in [1.29, 1.82) is 0 Å². The quantitative estimate of drug-likeness (QED) is 0.694. The number of hydrogen-bond acceptors (Lipinski definition) is 3. The van der Waals surface area contributed by atoms with E-state index < -0.39 is 0 Å². The van der Waals surface area contributed by atoms with Gasteiger partial charge in [0, 0.05) is 17.1 Å². The van der Waals surface area contributed by atoms with Gasteiger partial charge in [-0.2, -0.15) is 5.10 Å². The van der Waals surface area contributed by atoms with Crippen LogP contribution in [0.4, 0.5) is 0 Å². The van der Waals surface area contributed by atoms with Crippen molar-refractivity contribution in [2.75, 3.05) is 0 Å². The van der Waals surface area contributed by atoms with Gasteiger partial charge in [0.2, 0.25) is 7.98 Å². The molecule has 116 valence electrons. The van der Waals surface area contributed by atoms with E-state index in [1.807, 2.05) is 12.3 Å². The summed E-state index contributed by atoms with van der Waals surface area (Å²) in [6.07, 6.45) is 13.9. The Morgan fingerprint density at radius 1 is 1.30 bits per heavy atom. The average Bonchev–Trinajstić information content (AvgIpc) is 3.30. The molecule has 2 radical (unpaired) electrons. The van der Waals surface area contributed by atoms with Crippen LogP contribution in [0, 0.1) is 5.92 Å². The maximum atomic E-state index is 5.89. The molecule has 23 heavy (non-hydrogen) atoms. The van der Waals surface area contributed by atoms with Crippen LogP contribution in [0.25, 0.3) is 22.3 Å². The van der Waals surface area contributed by atoms with Crippen molar-refractivity contribution < 1.29 is 0 Å². The Morgan fingerprint density at radius 2 is 2.13 bits per heavy atom. The molecule has 1 aliphatic carbocycles. The van der Waals surface area contributed by atoms with Gasteiger partial charge >= 0.3 is 0 Å². The van der Waals surface area contributed by atoms with Gasteiger partial charge in [0.1, 0.15) is 12.0 Å².